The van der Waals surface area contributed by atoms with Gasteiger partial charge in [-0.05, 0) is 61.5 Å². The number of rotatable bonds is 6. The largest absolute Gasteiger partial charge is 0.326 e. The maximum Gasteiger partial charge on any atom is 0.228 e. The summed E-state index contributed by atoms with van der Waals surface area (Å²) >= 11 is 0. The van der Waals surface area contributed by atoms with Gasteiger partial charge in [0.25, 0.3) is 0 Å². The number of hydrogen-bond donors (Lipinski definition) is 1. The van der Waals surface area contributed by atoms with Gasteiger partial charge >= 0.3 is 0 Å². The number of Topliss-reactive ketones (excluding diaryl/α,β-unsaturated/α-hetero) is 1. The molecule has 0 atom stereocenters. The lowest BCUT2D eigenvalue weighted by Gasteiger charge is -2.32. The average Bonchev–Trinajstić information content (AvgIpc) is 3.07. The molecule has 4 rings (SSSR count). The third kappa shape index (κ3) is 4.78. The summed E-state index contributed by atoms with van der Waals surface area (Å²) in [5.74, 6) is 2.04. The predicted molar refractivity (Wildman–Crippen MR) is 108 cm³/mol. The van der Waals surface area contributed by atoms with E-state index in [1.54, 1.807) is 0 Å². The maximum absolute atomic E-state index is 12.7. The van der Waals surface area contributed by atoms with Crippen LogP contribution in [0.5, 0.6) is 0 Å². The second-order valence-corrected chi connectivity index (χ2v) is 8.82. The number of carbonyl (C=O) groups is 2. The summed E-state index contributed by atoms with van der Waals surface area (Å²) in [6.07, 6.45) is 12.9. The molecule has 1 saturated heterocycles. The van der Waals surface area contributed by atoms with Crippen LogP contribution in [0.15, 0.2) is 18.2 Å². The SMILES string of the molecule is O=C1Cc2cc(C(=O)CN3CCC(CCC4CCCCC4)CC3)ccc2N1. The third-order valence-electron chi connectivity index (χ3n) is 6.83. The van der Waals surface area contributed by atoms with E-state index in [-0.39, 0.29) is 11.7 Å². The molecule has 0 bridgehead atoms. The van der Waals surface area contributed by atoms with Crippen molar-refractivity contribution in [2.75, 3.05) is 25.0 Å². The van der Waals surface area contributed by atoms with Crippen molar-refractivity contribution in [2.45, 2.75) is 64.2 Å². The van der Waals surface area contributed by atoms with Gasteiger partial charge in [0.05, 0.1) is 13.0 Å². The van der Waals surface area contributed by atoms with E-state index in [1.807, 2.05) is 18.2 Å². The normalized spacial score (nSPS) is 21.9. The van der Waals surface area contributed by atoms with Crippen LogP contribution in [-0.4, -0.2) is 36.2 Å². The summed E-state index contributed by atoms with van der Waals surface area (Å²) in [5, 5.41) is 2.82. The van der Waals surface area contributed by atoms with E-state index in [4.69, 9.17) is 0 Å². The molecule has 0 spiro atoms. The average molecular weight is 369 g/mol. The number of nitrogens with zero attached hydrogens (tertiary/aromatic N) is 1. The maximum atomic E-state index is 12.7. The van der Waals surface area contributed by atoms with E-state index >= 15 is 0 Å². The number of carbonyl (C=O) groups excluding carboxylic acids is 2. The second kappa shape index (κ2) is 8.55. The highest BCUT2D eigenvalue weighted by Gasteiger charge is 2.24. The molecular formula is C23H32N2O2. The Hall–Kier alpha value is -1.68. The zero-order chi connectivity index (χ0) is 18.6. The molecule has 1 amide bonds. The summed E-state index contributed by atoms with van der Waals surface area (Å²) in [7, 11) is 0. The Morgan fingerprint density at radius 3 is 2.44 bits per heavy atom. The highest BCUT2D eigenvalue weighted by molar-refractivity contribution is 6.02. The van der Waals surface area contributed by atoms with Crippen molar-refractivity contribution in [3.63, 3.8) is 0 Å². The monoisotopic (exact) mass is 368 g/mol. The van der Waals surface area contributed by atoms with Gasteiger partial charge in [-0.15, -0.1) is 0 Å². The van der Waals surface area contributed by atoms with E-state index in [0.29, 0.717) is 13.0 Å². The molecule has 0 radical (unpaired) electrons. The van der Waals surface area contributed by atoms with E-state index in [2.05, 4.69) is 10.2 Å². The minimum Gasteiger partial charge on any atom is -0.326 e. The molecule has 1 N–H and O–H groups in total. The number of amides is 1. The standard InChI is InChI=1S/C23H32N2O2/c26-22(19-8-9-21-20(14-19)15-23(27)24-21)16-25-12-10-18(11-13-25)7-6-17-4-2-1-3-5-17/h8-9,14,17-18H,1-7,10-13,15-16H2,(H,24,27). The molecule has 3 aliphatic rings. The molecule has 1 aliphatic carbocycles. The van der Waals surface area contributed by atoms with Crippen LogP contribution in [0.4, 0.5) is 5.69 Å². The van der Waals surface area contributed by atoms with Crippen molar-refractivity contribution in [2.24, 2.45) is 11.8 Å². The first kappa shape index (κ1) is 18.7. The number of fused-ring (bicyclic) bond motifs is 1. The fourth-order valence-corrected chi connectivity index (χ4v) is 5.08. The zero-order valence-electron chi connectivity index (χ0n) is 16.3. The Balaban J connectivity index is 1.21. The van der Waals surface area contributed by atoms with Gasteiger partial charge in [0.1, 0.15) is 0 Å². The van der Waals surface area contributed by atoms with Crippen molar-refractivity contribution in [1.29, 1.82) is 0 Å². The molecule has 1 aromatic carbocycles. The number of anilines is 1. The number of likely N-dealkylation sites (tertiary alicyclic amines) is 1. The van der Waals surface area contributed by atoms with E-state index in [0.717, 1.165) is 41.7 Å². The Morgan fingerprint density at radius 2 is 1.70 bits per heavy atom. The molecule has 146 valence electrons. The number of ketones is 1. The molecule has 0 aromatic heterocycles. The molecule has 2 aliphatic heterocycles. The molecule has 4 nitrogen and oxygen atoms in total. The molecule has 1 saturated carbocycles. The van der Waals surface area contributed by atoms with Crippen LogP contribution < -0.4 is 5.32 Å². The number of benzene rings is 1. The smallest absolute Gasteiger partial charge is 0.228 e. The third-order valence-corrected chi connectivity index (χ3v) is 6.83. The van der Waals surface area contributed by atoms with Crippen LogP contribution in [0, 0.1) is 11.8 Å². The van der Waals surface area contributed by atoms with Crippen LogP contribution in [0.1, 0.15) is 73.7 Å². The van der Waals surface area contributed by atoms with E-state index in [9.17, 15) is 9.59 Å². The summed E-state index contributed by atoms with van der Waals surface area (Å²) in [4.78, 5) is 26.5. The molecule has 1 aromatic rings. The van der Waals surface area contributed by atoms with Gasteiger partial charge in [0.15, 0.2) is 5.78 Å². The van der Waals surface area contributed by atoms with Gasteiger partial charge in [-0.2, -0.15) is 0 Å². The van der Waals surface area contributed by atoms with Gasteiger partial charge in [-0.3, -0.25) is 14.5 Å². The predicted octanol–water partition coefficient (Wildman–Crippen LogP) is 4.44. The van der Waals surface area contributed by atoms with Crippen molar-refractivity contribution < 1.29 is 9.59 Å². The quantitative estimate of drug-likeness (QED) is 0.756. The topological polar surface area (TPSA) is 49.4 Å². The van der Waals surface area contributed by atoms with Crippen LogP contribution >= 0.6 is 0 Å². The lowest BCUT2D eigenvalue weighted by atomic mass is 9.82. The van der Waals surface area contributed by atoms with Crippen molar-refractivity contribution >= 4 is 17.4 Å². The Bertz CT molecular complexity index is 686. The van der Waals surface area contributed by atoms with Crippen molar-refractivity contribution in [3.8, 4) is 0 Å². The molecule has 2 fully saturated rings. The Kier molecular flexibility index (Phi) is 5.92. The van der Waals surface area contributed by atoms with Crippen LogP contribution in [0.3, 0.4) is 0 Å². The summed E-state index contributed by atoms with van der Waals surface area (Å²) in [5.41, 5.74) is 2.55. The van der Waals surface area contributed by atoms with Crippen LogP contribution in [-0.2, 0) is 11.2 Å². The molecule has 27 heavy (non-hydrogen) atoms. The Morgan fingerprint density at radius 1 is 1.00 bits per heavy atom. The molecule has 0 unspecified atom stereocenters. The van der Waals surface area contributed by atoms with Crippen molar-refractivity contribution in [1.82, 2.24) is 4.90 Å². The van der Waals surface area contributed by atoms with Gasteiger partial charge in [-0.1, -0.05) is 44.9 Å². The lowest BCUT2D eigenvalue weighted by molar-refractivity contribution is -0.115. The summed E-state index contributed by atoms with van der Waals surface area (Å²) in [6.45, 7) is 2.60. The minimum absolute atomic E-state index is 0.0184. The number of piperidine rings is 1. The van der Waals surface area contributed by atoms with E-state index < -0.39 is 0 Å². The van der Waals surface area contributed by atoms with Gasteiger partial charge in [0, 0.05) is 11.3 Å². The van der Waals surface area contributed by atoms with Gasteiger partial charge < -0.3 is 5.32 Å². The molecule has 2 heterocycles. The first-order valence-corrected chi connectivity index (χ1v) is 10.9. The zero-order valence-corrected chi connectivity index (χ0v) is 16.3. The molecular weight excluding hydrogens is 336 g/mol. The minimum atomic E-state index is 0.0184. The van der Waals surface area contributed by atoms with E-state index in [1.165, 1.54) is 57.8 Å². The number of nitrogens with one attached hydrogen (secondary N) is 1. The fourth-order valence-electron chi connectivity index (χ4n) is 5.08. The van der Waals surface area contributed by atoms with Gasteiger partial charge in [0.2, 0.25) is 5.91 Å². The summed E-state index contributed by atoms with van der Waals surface area (Å²) < 4.78 is 0. The van der Waals surface area contributed by atoms with Crippen molar-refractivity contribution in [3.05, 3.63) is 29.3 Å². The lowest BCUT2D eigenvalue weighted by Crippen LogP contribution is -2.37. The van der Waals surface area contributed by atoms with Crippen LogP contribution in [0.25, 0.3) is 0 Å². The first-order chi connectivity index (χ1) is 13.2. The second-order valence-electron chi connectivity index (χ2n) is 8.82. The highest BCUT2D eigenvalue weighted by Crippen LogP contribution is 2.31. The highest BCUT2D eigenvalue weighted by atomic mass is 16.1. The number of hydrogen-bond acceptors (Lipinski definition) is 3. The first-order valence-electron chi connectivity index (χ1n) is 10.9. The Labute approximate surface area is 162 Å². The van der Waals surface area contributed by atoms with Crippen LogP contribution in [0.2, 0.25) is 0 Å². The summed E-state index contributed by atoms with van der Waals surface area (Å²) in [6, 6.07) is 5.61. The molecule has 4 heteroatoms. The fraction of sp³-hybridized carbons (Fsp3) is 0.652. The van der Waals surface area contributed by atoms with Gasteiger partial charge in [-0.25, -0.2) is 0 Å².